The highest BCUT2D eigenvalue weighted by atomic mass is 35.5. The average Bonchev–Trinajstić information content (AvgIpc) is 2.60. The van der Waals surface area contributed by atoms with E-state index < -0.39 is 0 Å². The van der Waals surface area contributed by atoms with E-state index >= 15 is 0 Å². The van der Waals surface area contributed by atoms with Crippen LogP contribution in [0.2, 0.25) is 0 Å². The molecule has 5 rings (SSSR count). The first-order valence-electron chi connectivity index (χ1n) is 8.62. The van der Waals surface area contributed by atoms with Crippen molar-refractivity contribution in [3.63, 3.8) is 0 Å². The molecule has 128 valence electrons. The van der Waals surface area contributed by atoms with E-state index in [9.17, 15) is 0 Å². The molecule has 3 aliphatic rings. The standard InChI is InChI=1S/C21H25NO.ClH/c1-15(22(2)3)14-23-21-13-12-16(17-8-4-6-10-19(17)21)18-9-5-7-11-20(18)21;/h4-11,15-16H,12-14H2,1-3H3;1H. The Hall–Kier alpha value is -1.35. The van der Waals surface area contributed by atoms with E-state index in [-0.39, 0.29) is 18.0 Å². The lowest BCUT2D eigenvalue weighted by Crippen LogP contribution is -2.44. The number of ether oxygens (including phenoxy) is 1. The van der Waals surface area contributed by atoms with Crippen molar-refractivity contribution in [1.29, 1.82) is 0 Å². The van der Waals surface area contributed by atoms with Crippen molar-refractivity contribution in [2.24, 2.45) is 0 Å². The Labute approximate surface area is 151 Å². The zero-order valence-corrected chi connectivity index (χ0v) is 15.5. The fraction of sp³-hybridized carbons (Fsp3) is 0.429. The highest BCUT2D eigenvalue weighted by molar-refractivity contribution is 5.85. The van der Waals surface area contributed by atoms with Crippen molar-refractivity contribution in [1.82, 2.24) is 4.90 Å². The van der Waals surface area contributed by atoms with Crippen LogP contribution >= 0.6 is 12.4 Å². The first-order chi connectivity index (χ1) is 11.1. The molecule has 2 bridgehead atoms. The zero-order chi connectivity index (χ0) is 16.0. The summed E-state index contributed by atoms with van der Waals surface area (Å²) in [5, 5.41) is 0. The molecule has 24 heavy (non-hydrogen) atoms. The van der Waals surface area contributed by atoms with Gasteiger partial charge in [-0.1, -0.05) is 48.5 Å². The van der Waals surface area contributed by atoms with E-state index in [1.807, 2.05) is 0 Å². The second-order valence-electron chi connectivity index (χ2n) is 7.22. The van der Waals surface area contributed by atoms with Gasteiger partial charge >= 0.3 is 0 Å². The first-order valence-corrected chi connectivity index (χ1v) is 8.62. The molecule has 0 N–H and O–H groups in total. The Bertz CT molecular complexity index is 680. The van der Waals surface area contributed by atoms with Gasteiger partial charge < -0.3 is 9.64 Å². The summed E-state index contributed by atoms with van der Waals surface area (Å²) in [6, 6.07) is 18.2. The summed E-state index contributed by atoms with van der Waals surface area (Å²) in [6.07, 6.45) is 2.27. The molecule has 2 nitrogen and oxygen atoms in total. The quantitative estimate of drug-likeness (QED) is 0.807. The molecule has 0 aliphatic heterocycles. The van der Waals surface area contributed by atoms with Crippen molar-refractivity contribution >= 4 is 12.4 Å². The smallest absolute Gasteiger partial charge is 0.119 e. The molecular formula is C21H26ClNO. The maximum atomic E-state index is 6.69. The predicted molar refractivity (Wildman–Crippen MR) is 101 cm³/mol. The third-order valence-electron chi connectivity index (χ3n) is 5.78. The fourth-order valence-corrected chi connectivity index (χ4v) is 4.22. The number of hydrogen-bond donors (Lipinski definition) is 0. The Morgan fingerprint density at radius 3 is 2.12 bits per heavy atom. The van der Waals surface area contributed by atoms with Crippen LogP contribution in [0.5, 0.6) is 0 Å². The minimum absolute atomic E-state index is 0. The lowest BCUT2D eigenvalue weighted by Gasteiger charge is -2.49. The molecule has 0 heterocycles. The number of hydrogen-bond acceptors (Lipinski definition) is 2. The molecule has 0 saturated carbocycles. The van der Waals surface area contributed by atoms with Gasteiger partial charge in [0.05, 0.1) is 6.61 Å². The minimum Gasteiger partial charge on any atom is -0.364 e. The zero-order valence-electron chi connectivity index (χ0n) is 14.7. The normalized spacial score (nSPS) is 24.9. The van der Waals surface area contributed by atoms with E-state index in [1.165, 1.54) is 28.7 Å². The SMILES string of the molecule is CC(COC12CCC(c3ccccc31)c1ccccc12)N(C)C.Cl. The Morgan fingerprint density at radius 2 is 1.58 bits per heavy atom. The van der Waals surface area contributed by atoms with Crippen molar-refractivity contribution in [3.05, 3.63) is 70.8 Å². The summed E-state index contributed by atoms with van der Waals surface area (Å²) >= 11 is 0. The van der Waals surface area contributed by atoms with Crippen LogP contribution < -0.4 is 0 Å². The van der Waals surface area contributed by atoms with Crippen LogP contribution in [0.4, 0.5) is 0 Å². The summed E-state index contributed by atoms with van der Waals surface area (Å²) in [7, 11) is 4.23. The summed E-state index contributed by atoms with van der Waals surface area (Å²) in [4.78, 5) is 2.23. The monoisotopic (exact) mass is 343 g/mol. The molecule has 3 heteroatoms. The molecule has 2 aromatic rings. The van der Waals surface area contributed by atoms with Crippen molar-refractivity contribution < 1.29 is 4.74 Å². The van der Waals surface area contributed by atoms with E-state index in [2.05, 4.69) is 74.4 Å². The van der Waals surface area contributed by atoms with Crippen molar-refractivity contribution in [3.8, 4) is 0 Å². The second kappa shape index (κ2) is 6.51. The molecule has 0 fully saturated rings. The highest BCUT2D eigenvalue weighted by Gasteiger charge is 2.49. The Kier molecular flexibility index (Phi) is 4.74. The van der Waals surface area contributed by atoms with Gasteiger partial charge in [-0.25, -0.2) is 0 Å². The summed E-state index contributed by atoms with van der Waals surface area (Å²) in [5.41, 5.74) is 5.46. The van der Waals surface area contributed by atoms with Gasteiger partial charge in [0.2, 0.25) is 0 Å². The summed E-state index contributed by atoms with van der Waals surface area (Å²) in [5.74, 6) is 0.541. The van der Waals surface area contributed by atoms with E-state index in [1.54, 1.807) is 0 Å². The molecule has 1 atom stereocenters. The molecule has 1 unspecified atom stereocenters. The van der Waals surface area contributed by atoms with E-state index in [4.69, 9.17) is 4.74 Å². The van der Waals surface area contributed by atoms with Gasteiger partial charge in [-0.05, 0) is 56.1 Å². The van der Waals surface area contributed by atoms with Crippen molar-refractivity contribution in [2.75, 3.05) is 20.7 Å². The molecule has 0 amide bonds. The van der Waals surface area contributed by atoms with Crippen LogP contribution in [0.3, 0.4) is 0 Å². The number of fused-ring (bicyclic) bond motifs is 1. The number of likely N-dealkylation sites (N-methyl/N-ethyl adjacent to an activating group) is 1. The molecular weight excluding hydrogens is 318 g/mol. The first kappa shape index (κ1) is 17.5. The maximum absolute atomic E-state index is 6.69. The molecule has 3 aliphatic carbocycles. The predicted octanol–water partition coefficient (Wildman–Crippen LogP) is 4.56. The number of nitrogens with zero attached hydrogens (tertiary/aromatic N) is 1. The number of benzene rings is 2. The summed E-state index contributed by atoms with van der Waals surface area (Å²) < 4.78 is 6.69. The average molecular weight is 344 g/mol. The number of halogens is 1. The molecule has 0 radical (unpaired) electrons. The van der Waals surface area contributed by atoms with Gasteiger partial charge in [0.25, 0.3) is 0 Å². The van der Waals surface area contributed by atoms with Gasteiger partial charge in [-0.2, -0.15) is 0 Å². The third kappa shape index (κ3) is 2.48. The highest BCUT2D eigenvalue weighted by Crippen LogP contribution is 2.56. The topological polar surface area (TPSA) is 12.5 Å². The van der Waals surface area contributed by atoms with Crippen molar-refractivity contribution in [2.45, 2.75) is 37.3 Å². The van der Waals surface area contributed by atoms with Crippen LogP contribution in [-0.2, 0) is 10.3 Å². The van der Waals surface area contributed by atoms with Crippen LogP contribution in [0, 0.1) is 0 Å². The largest absolute Gasteiger partial charge is 0.364 e. The van der Waals surface area contributed by atoms with Gasteiger partial charge in [0, 0.05) is 12.0 Å². The van der Waals surface area contributed by atoms with Gasteiger partial charge in [-0.15, -0.1) is 12.4 Å². The molecule has 0 saturated heterocycles. The summed E-state index contributed by atoms with van der Waals surface area (Å²) in [6.45, 7) is 2.98. The fourth-order valence-electron chi connectivity index (χ4n) is 4.22. The van der Waals surface area contributed by atoms with Crippen LogP contribution in [-0.4, -0.2) is 31.6 Å². The lowest BCUT2D eigenvalue weighted by molar-refractivity contribution is -0.0567. The number of rotatable bonds is 4. The maximum Gasteiger partial charge on any atom is 0.119 e. The molecule has 0 aromatic heterocycles. The third-order valence-corrected chi connectivity index (χ3v) is 5.78. The van der Waals surface area contributed by atoms with Gasteiger partial charge in [-0.3, -0.25) is 0 Å². The van der Waals surface area contributed by atoms with Crippen LogP contribution in [0.15, 0.2) is 48.5 Å². The lowest BCUT2D eigenvalue weighted by atomic mass is 9.61. The Morgan fingerprint density at radius 1 is 1.04 bits per heavy atom. The minimum atomic E-state index is -0.258. The van der Waals surface area contributed by atoms with Gasteiger partial charge in [0.15, 0.2) is 0 Å². The van der Waals surface area contributed by atoms with E-state index in [0.29, 0.717) is 12.0 Å². The molecule has 2 aromatic carbocycles. The van der Waals surface area contributed by atoms with Gasteiger partial charge in [0.1, 0.15) is 5.60 Å². The van der Waals surface area contributed by atoms with Crippen LogP contribution in [0.1, 0.15) is 47.9 Å². The van der Waals surface area contributed by atoms with E-state index in [0.717, 1.165) is 13.0 Å². The Balaban J connectivity index is 0.00000169. The van der Waals surface area contributed by atoms with Crippen LogP contribution in [0.25, 0.3) is 0 Å². The second-order valence-corrected chi connectivity index (χ2v) is 7.22. The molecule has 0 spiro atoms.